The van der Waals surface area contributed by atoms with Crippen molar-refractivity contribution in [2.45, 2.75) is 52.3 Å². The Hall–Kier alpha value is -1.66. The maximum Gasteiger partial charge on any atom is 0.407 e. The van der Waals surface area contributed by atoms with Gasteiger partial charge in [0.05, 0.1) is 5.02 Å². The zero-order valence-electron chi connectivity index (χ0n) is 14.6. The molecular formula is C17H25ClN2O4. The predicted molar refractivity (Wildman–Crippen MR) is 92.7 cm³/mol. The second kappa shape index (κ2) is 7.94. The first kappa shape index (κ1) is 18.7. The first-order valence-corrected chi connectivity index (χ1v) is 8.44. The summed E-state index contributed by atoms with van der Waals surface area (Å²) < 4.78 is 15.9. The summed E-state index contributed by atoms with van der Waals surface area (Å²) in [5, 5.41) is 6.73. The molecule has 134 valence electrons. The summed E-state index contributed by atoms with van der Waals surface area (Å²) >= 11 is 6.18. The second-order valence-corrected chi connectivity index (χ2v) is 7.09. The van der Waals surface area contributed by atoms with E-state index in [0.29, 0.717) is 29.6 Å². The first-order valence-electron chi connectivity index (χ1n) is 8.06. The summed E-state index contributed by atoms with van der Waals surface area (Å²) in [6, 6.07) is 3.90. The van der Waals surface area contributed by atoms with Gasteiger partial charge in [-0.05, 0) is 44.9 Å². The van der Waals surface area contributed by atoms with Crippen LogP contribution in [0.4, 0.5) is 4.79 Å². The van der Waals surface area contributed by atoms with Crippen LogP contribution in [0, 0.1) is 0 Å². The molecule has 1 amide bonds. The lowest BCUT2D eigenvalue weighted by atomic mass is 10.1. The van der Waals surface area contributed by atoms with E-state index in [1.165, 1.54) is 0 Å². The molecule has 0 spiro atoms. The largest absolute Gasteiger partial charge is 0.454 e. The molecule has 1 aromatic carbocycles. The number of hydrogen-bond acceptors (Lipinski definition) is 5. The van der Waals surface area contributed by atoms with E-state index in [-0.39, 0.29) is 12.8 Å². The van der Waals surface area contributed by atoms with Gasteiger partial charge in [-0.15, -0.1) is 0 Å². The van der Waals surface area contributed by atoms with Gasteiger partial charge in [0.2, 0.25) is 6.79 Å². The van der Waals surface area contributed by atoms with Crippen LogP contribution in [0.25, 0.3) is 0 Å². The minimum atomic E-state index is -0.498. The summed E-state index contributed by atoms with van der Waals surface area (Å²) in [7, 11) is 0. The number of benzene rings is 1. The number of rotatable bonds is 6. The summed E-state index contributed by atoms with van der Waals surface area (Å²) in [5.41, 5.74) is 0.502. The highest BCUT2D eigenvalue weighted by Crippen LogP contribution is 2.39. The maximum absolute atomic E-state index is 11.7. The Morgan fingerprint density at radius 2 is 2.12 bits per heavy atom. The maximum atomic E-state index is 11.7. The van der Waals surface area contributed by atoms with Crippen molar-refractivity contribution in [1.29, 1.82) is 0 Å². The van der Waals surface area contributed by atoms with Gasteiger partial charge in [0.15, 0.2) is 11.5 Å². The van der Waals surface area contributed by atoms with Crippen molar-refractivity contribution in [3.8, 4) is 11.5 Å². The highest BCUT2D eigenvalue weighted by atomic mass is 35.5. The molecule has 0 fully saturated rings. The smallest absolute Gasteiger partial charge is 0.407 e. The van der Waals surface area contributed by atoms with Crippen LogP contribution in [0.3, 0.4) is 0 Å². The number of nitrogens with one attached hydrogen (secondary N) is 2. The number of carbonyl (C=O) groups is 1. The van der Waals surface area contributed by atoms with Crippen molar-refractivity contribution in [3.05, 3.63) is 22.7 Å². The van der Waals surface area contributed by atoms with Crippen LogP contribution in [-0.2, 0) is 11.3 Å². The third kappa shape index (κ3) is 5.46. The molecule has 1 heterocycles. The van der Waals surface area contributed by atoms with Gasteiger partial charge in [0, 0.05) is 19.1 Å². The molecule has 24 heavy (non-hydrogen) atoms. The van der Waals surface area contributed by atoms with Crippen LogP contribution in [0.15, 0.2) is 12.1 Å². The minimum absolute atomic E-state index is 0.127. The van der Waals surface area contributed by atoms with Crippen molar-refractivity contribution in [2.75, 3.05) is 13.3 Å². The third-order valence-electron chi connectivity index (χ3n) is 3.47. The van der Waals surface area contributed by atoms with Crippen LogP contribution in [0.5, 0.6) is 11.5 Å². The van der Waals surface area contributed by atoms with Gasteiger partial charge in [0.25, 0.3) is 0 Å². The van der Waals surface area contributed by atoms with E-state index in [9.17, 15) is 4.79 Å². The second-order valence-electron chi connectivity index (χ2n) is 6.68. The fourth-order valence-electron chi connectivity index (χ4n) is 2.27. The average molecular weight is 357 g/mol. The van der Waals surface area contributed by atoms with E-state index in [1.807, 2.05) is 32.9 Å². The average Bonchev–Trinajstić information content (AvgIpc) is 2.94. The Kier molecular flexibility index (Phi) is 6.18. The van der Waals surface area contributed by atoms with Crippen LogP contribution in [0.1, 0.15) is 39.7 Å². The molecule has 1 unspecified atom stereocenters. The van der Waals surface area contributed by atoms with E-state index >= 15 is 0 Å². The molecule has 0 saturated heterocycles. The lowest BCUT2D eigenvalue weighted by Crippen LogP contribution is -2.42. The van der Waals surface area contributed by atoms with E-state index in [4.69, 9.17) is 25.8 Å². The number of alkyl carbamates (subject to hydrolysis) is 1. The molecule has 0 radical (unpaired) electrons. The van der Waals surface area contributed by atoms with Gasteiger partial charge in [-0.3, -0.25) is 0 Å². The number of carbonyl (C=O) groups excluding carboxylic acids is 1. The van der Waals surface area contributed by atoms with Crippen molar-refractivity contribution in [3.63, 3.8) is 0 Å². The Morgan fingerprint density at radius 3 is 2.79 bits per heavy atom. The molecular weight excluding hydrogens is 332 g/mol. The molecule has 2 rings (SSSR count). The van der Waals surface area contributed by atoms with Crippen LogP contribution < -0.4 is 20.1 Å². The first-order chi connectivity index (χ1) is 11.3. The van der Waals surface area contributed by atoms with Crippen LogP contribution in [0.2, 0.25) is 5.02 Å². The Labute approximate surface area is 147 Å². The van der Waals surface area contributed by atoms with Gasteiger partial charge in [-0.2, -0.15) is 0 Å². The normalized spacial score (nSPS) is 14.4. The Morgan fingerprint density at radius 1 is 1.38 bits per heavy atom. The summed E-state index contributed by atoms with van der Waals surface area (Å²) in [6.07, 6.45) is 0.461. The zero-order valence-corrected chi connectivity index (χ0v) is 15.3. The molecule has 1 aromatic rings. The number of amides is 1. The third-order valence-corrected chi connectivity index (χ3v) is 3.75. The highest BCUT2D eigenvalue weighted by molar-refractivity contribution is 6.32. The monoisotopic (exact) mass is 356 g/mol. The summed E-state index contributed by atoms with van der Waals surface area (Å²) in [6.45, 7) is 8.88. The van der Waals surface area contributed by atoms with E-state index in [0.717, 1.165) is 12.0 Å². The van der Waals surface area contributed by atoms with E-state index < -0.39 is 11.7 Å². The van der Waals surface area contributed by atoms with Crippen LogP contribution in [-0.4, -0.2) is 31.1 Å². The quantitative estimate of drug-likeness (QED) is 0.816. The van der Waals surface area contributed by atoms with Gasteiger partial charge in [-0.25, -0.2) is 4.79 Å². The molecule has 0 aromatic heterocycles. The van der Waals surface area contributed by atoms with Crippen molar-refractivity contribution in [1.82, 2.24) is 10.6 Å². The molecule has 7 heteroatoms. The summed E-state index contributed by atoms with van der Waals surface area (Å²) in [5.74, 6) is 1.26. The summed E-state index contributed by atoms with van der Waals surface area (Å²) in [4.78, 5) is 11.7. The molecule has 6 nitrogen and oxygen atoms in total. The number of fused-ring (bicyclic) bond motifs is 1. The van der Waals surface area contributed by atoms with Gasteiger partial charge in [0.1, 0.15) is 5.60 Å². The van der Waals surface area contributed by atoms with Crippen molar-refractivity contribution < 1.29 is 19.0 Å². The van der Waals surface area contributed by atoms with Crippen molar-refractivity contribution in [2.24, 2.45) is 0 Å². The molecule has 0 saturated carbocycles. The molecule has 1 aliphatic rings. The van der Waals surface area contributed by atoms with Gasteiger partial charge < -0.3 is 24.8 Å². The van der Waals surface area contributed by atoms with E-state index in [1.54, 1.807) is 0 Å². The minimum Gasteiger partial charge on any atom is -0.454 e. The molecule has 0 aliphatic carbocycles. The van der Waals surface area contributed by atoms with Gasteiger partial charge >= 0.3 is 6.09 Å². The number of hydrogen-bond donors (Lipinski definition) is 2. The molecule has 1 aliphatic heterocycles. The van der Waals surface area contributed by atoms with Crippen molar-refractivity contribution >= 4 is 17.7 Å². The van der Waals surface area contributed by atoms with E-state index in [2.05, 4.69) is 17.6 Å². The predicted octanol–water partition coefficient (Wildman–Crippen LogP) is 3.46. The fraction of sp³-hybridized carbons (Fsp3) is 0.588. The Balaban J connectivity index is 1.83. The van der Waals surface area contributed by atoms with Crippen LogP contribution >= 0.6 is 11.6 Å². The number of halogens is 1. The lowest BCUT2D eigenvalue weighted by molar-refractivity contribution is 0.0522. The standard InChI is InChI=1S/C17H25ClN2O4/c1-5-12(9-20-16(21)24-17(2,3)4)19-8-11-6-13(18)15-14(7-11)22-10-23-15/h6-7,12,19H,5,8-10H2,1-4H3,(H,20,21). The number of ether oxygens (including phenoxy) is 3. The lowest BCUT2D eigenvalue weighted by Gasteiger charge is -2.22. The highest BCUT2D eigenvalue weighted by Gasteiger charge is 2.19. The Bertz CT molecular complexity index is 587. The fourth-order valence-corrected chi connectivity index (χ4v) is 2.55. The topological polar surface area (TPSA) is 68.8 Å². The zero-order chi connectivity index (χ0) is 17.7. The molecule has 1 atom stereocenters. The SMILES string of the molecule is CCC(CNC(=O)OC(C)(C)C)NCc1cc(Cl)c2c(c1)OCO2. The van der Waals surface area contributed by atoms with Gasteiger partial charge in [-0.1, -0.05) is 18.5 Å². The molecule has 0 bridgehead atoms. The molecule has 2 N–H and O–H groups in total.